The van der Waals surface area contributed by atoms with Crippen molar-refractivity contribution in [2.75, 3.05) is 0 Å². The second-order valence-electron chi connectivity index (χ2n) is 3.77. The summed E-state index contributed by atoms with van der Waals surface area (Å²) in [6, 6.07) is 0. The molecule has 2 atom stereocenters. The van der Waals surface area contributed by atoms with Gasteiger partial charge in [0.25, 0.3) is 0 Å². The maximum Gasteiger partial charge on any atom is 0.0338 e. The van der Waals surface area contributed by atoms with E-state index >= 15 is 0 Å². The Bertz CT molecular complexity index is 101. The largest absolute Gasteiger partial charge is 0.123 e. The van der Waals surface area contributed by atoms with Gasteiger partial charge in [0.1, 0.15) is 0 Å². The van der Waals surface area contributed by atoms with E-state index < -0.39 is 0 Å². The molecule has 0 aromatic carbocycles. The summed E-state index contributed by atoms with van der Waals surface area (Å²) >= 11 is 6.02. The highest BCUT2D eigenvalue weighted by Gasteiger charge is 2.21. The van der Waals surface area contributed by atoms with Gasteiger partial charge in [-0.05, 0) is 25.2 Å². The molecule has 0 N–H and O–H groups in total. The van der Waals surface area contributed by atoms with Gasteiger partial charge in [0.15, 0.2) is 0 Å². The summed E-state index contributed by atoms with van der Waals surface area (Å²) in [6.45, 7) is 2.26. The molecule has 0 spiro atoms. The fourth-order valence-corrected chi connectivity index (χ4v) is 2.34. The van der Waals surface area contributed by atoms with Crippen LogP contribution in [0.3, 0.4) is 0 Å². The first-order chi connectivity index (χ1) is 5.33. The molecule has 2 unspecified atom stereocenters. The minimum Gasteiger partial charge on any atom is -0.123 e. The summed E-state index contributed by atoms with van der Waals surface area (Å²) in [6.07, 6.45) is 9.53. The zero-order valence-electron chi connectivity index (χ0n) is 7.48. The summed E-state index contributed by atoms with van der Waals surface area (Å²) < 4.78 is 0. The quantitative estimate of drug-likeness (QED) is 0.447. The standard InChI is InChI=1S/C10H19Cl/c1-2-3-4-5-9-6-7-10(11)8-9/h9-10H,2-8H2,1H3. The Balaban J connectivity index is 1.99. The van der Waals surface area contributed by atoms with E-state index in [2.05, 4.69) is 6.92 Å². The van der Waals surface area contributed by atoms with Crippen LogP contribution < -0.4 is 0 Å². The van der Waals surface area contributed by atoms with Crippen LogP contribution in [-0.4, -0.2) is 5.38 Å². The maximum absolute atomic E-state index is 6.02. The van der Waals surface area contributed by atoms with E-state index in [0.717, 1.165) is 5.92 Å². The van der Waals surface area contributed by atoms with Crippen LogP contribution in [0.25, 0.3) is 0 Å². The van der Waals surface area contributed by atoms with Gasteiger partial charge in [-0.1, -0.05) is 32.6 Å². The second kappa shape index (κ2) is 5.03. The Labute approximate surface area is 75.3 Å². The van der Waals surface area contributed by atoms with E-state index in [1.165, 1.54) is 44.9 Å². The second-order valence-corrected chi connectivity index (χ2v) is 4.39. The van der Waals surface area contributed by atoms with E-state index in [0.29, 0.717) is 5.38 Å². The first kappa shape index (κ1) is 9.38. The van der Waals surface area contributed by atoms with Crippen LogP contribution in [0.4, 0.5) is 0 Å². The van der Waals surface area contributed by atoms with Crippen molar-refractivity contribution >= 4 is 11.6 Å². The molecule has 0 heterocycles. The molecule has 1 aliphatic rings. The number of hydrogen-bond donors (Lipinski definition) is 0. The van der Waals surface area contributed by atoms with Crippen LogP contribution in [-0.2, 0) is 0 Å². The third kappa shape index (κ3) is 3.46. The third-order valence-electron chi connectivity index (χ3n) is 2.69. The molecule has 0 amide bonds. The van der Waals surface area contributed by atoms with Crippen LogP contribution in [0.1, 0.15) is 51.9 Å². The van der Waals surface area contributed by atoms with Crippen molar-refractivity contribution in [2.24, 2.45) is 5.92 Å². The number of hydrogen-bond acceptors (Lipinski definition) is 0. The normalized spacial score (nSPS) is 31.1. The van der Waals surface area contributed by atoms with Gasteiger partial charge < -0.3 is 0 Å². The van der Waals surface area contributed by atoms with Gasteiger partial charge >= 0.3 is 0 Å². The molecule has 0 bridgehead atoms. The first-order valence-corrected chi connectivity index (χ1v) is 5.40. The molecule has 1 fully saturated rings. The Morgan fingerprint density at radius 1 is 1.27 bits per heavy atom. The topological polar surface area (TPSA) is 0 Å². The maximum atomic E-state index is 6.02. The zero-order chi connectivity index (χ0) is 8.10. The van der Waals surface area contributed by atoms with Crippen molar-refractivity contribution in [3.63, 3.8) is 0 Å². The molecule has 0 aliphatic heterocycles. The molecule has 0 saturated heterocycles. The fourth-order valence-electron chi connectivity index (χ4n) is 1.96. The van der Waals surface area contributed by atoms with Crippen LogP contribution in [0.2, 0.25) is 0 Å². The Morgan fingerprint density at radius 2 is 2.09 bits per heavy atom. The van der Waals surface area contributed by atoms with E-state index in [1.807, 2.05) is 0 Å². The lowest BCUT2D eigenvalue weighted by atomic mass is 10.0. The fraction of sp³-hybridized carbons (Fsp3) is 1.00. The lowest BCUT2D eigenvalue weighted by Crippen LogP contribution is -1.95. The van der Waals surface area contributed by atoms with Crippen molar-refractivity contribution in [1.29, 1.82) is 0 Å². The zero-order valence-corrected chi connectivity index (χ0v) is 8.24. The monoisotopic (exact) mass is 174 g/mol. The average molecular weight is 175 g/mol. The summed E-state index contributed by atoms with van der Waals surface area (Å²) in [4.78, 5) is 0. The summed E-state index contributed by atoms with van der Waals surface area (Å²) in [5.74, 6) is 0.962. The lowest BCUT2D eigenvalue weighted by Gasteiger charge is -2.06. The summed E-state index contributed by atoms with van der Waals surface area (Å²) in [5.41, 5.74) is 0. The summed E-state index contributed by atoms with van der Waals surface area (Å²) in [7, 11) is 0. The predicted octanol–water partition coefficient (Wildman–Crippen LogP) is 3.97. The van der Waals surface area contributed by atoms with Gasteiger partial charge in [-0.3, -0.25) is 0 Å². The molecule has 0 aromatic heterocycles. The van der Waals surface area contributed by atoms with E-state index in [-0.39, 0.29) is 0 Å². The van der Waals surface area contributed by atoms with Crippen molar-refractivity contribution in [2.45, 2.75) is 57.2 Å². The number of alkyl halides is 1. The highest BCUT2D eigenvalue weighted by molar-refractivity contribution is 6.20. The highest BCUT2D eigenvalue weighted by atomic mass is 35.5. The van der Waals surface area contributed by atoms with Crippen molar-refractivity contribution in [3.05, 3.63) is 0 Å². The van der Waals surface area contributed by atoms with Crippen molar-refractivity contribution in [1.82, 2.24) is 0 Å². The van der Waals surface area contributed by atoms with Crippen LogP contribution in [0.15, 0.2) is 0 Å². The predicted molar refractivity (Wildman–Crippen MR) is 51.1 cm³/mol. The number of unbranched alkanes of at least 4 members (excludes halogenated alkanes) is 2. The average Bonchev–Trinajstić information content (AvgIpc) is 2.37. The van der Waals surface area contributed by atoms with Gasteiger partial charge in [-0.2, -0.15) is 0 Å². The van der Waals surface area contributed by atoms with E-state index in [4.69, 9.17) is 11.6 Å². The minimum absolute atomic E-state index is 0.502. The smallest absolute Gasteiger partial charge is 0.0338 e. The molecule has 0 radical (unpaired) electrons. The molecular formula is C10H19Cl. The van der Waals surface area contributed by atoms with Crippen molar-refractivity contribution < 1.29 is 0 Å². The van der Waals surface area contributed by atoms with Crippen LogP contribution in [0, 0.1) is 5.92 Å². The Hall–Kier alpha value is 0.290. The molecular weight excluding hydrogens is 156 g/mol. The molecule has 1 saturated carbocycles. The first-order valence-electron chi connectivity index (χ1n) is 4.97. The number of halogens is 1. The Kier molecular flexibility index (Phi) is 4.29. The van der Waals surface area contributed by atoms with Gasteiger partial charge in [0.05, 0.1) is 0 Å². The lowest BCUT2D eigenvalue weighted by molar-refractivity contribution is 0.472. The molecule has 11 heavy (non-hydrogen) atoms. The molecule has 0 aromatic rings. The van der Waals surface area contributed by atoms with Gasteiger partial charge in [0.2, 0.25) is 0 Å². The minimum atomic E-state index is 0.502. The SMILES string of the molecule is CCCCCC1CCC(Cl)C1. The Morgan fingerprint density at radius 3 is 2.64 bits per heavy atom. The van der Waals surface area contributed by atoms with Crippen LogP contribution >= 0.6 is 11.6 Å². The van der Waals surface area contributed by atoms with Gasteiger partial charge in [-0.25, -0.2) is 0 Å². The van der Waals surface area contributed by atoms with Crippen molar-refractivity contribution in [3.8, 4) is 0 Å². The molecule has 1 heteroatoms. The van der Waals surface area contributed by atoms with Gasteiger partial charge in [-0.15, -0.1) is 11.6 Å². The van der Waals surface area contributed by atoms with E-state index in [9.17, 15) is 0 Å². The molecule has 1 aliphatic carbocycles. The van der Waals surface area contributed by atoms with E-state index in [1.54, 1.807) is 0 Å². The number of rotatable bonds is 4. The van der Waals surface area contributed by atoms with Crippen LogP contribution in [0.5, 0.6) is 0 Å². The molecule has 66 valence electrons. The molecule has 1 rings (SSSR count). The third-order valence-corrected chi connectivity index (χ3v) is 3.09. The summed E-state index contributed by atoms with van der Waals surface area (Å²) in [5, 5.41) is 0.502. The highest BCUT2D eigenvalue weighted by Crippen LogP contribution is 2.32. The van der Waals surface area contributed by atoms with Gasteiger partial charge in [0, 0.05) is 5.38 Å². The molecule has 0 nitrogen and oxygen atoms in total.